The van der Waals surface area contributed by atoms with Crippen LogP contribution < -0.4 is 16.0 Å². The maximum atomic E-state index is 12.4. The highest BCUT2D eigenvalue weighted by atomic mass is 16.6. The quantitative estimate of drug-likeness (QED) is 0.622. The standard InChI is InChI=1S/C22H25N3O6/c1-14(18(26)25-20(28)23-16-10-6-5-7-11-16)30-19(27)15-9-8-12-17(13-15)24-21(29)31-22(2,3)4/h5-14H,1-4H3,(H,24,29)(H2,23,25,26,28). The summed E-state index contributed by atoms with van der Waals surface area (Å²) >= 11 is 0. The van der Waals surface area contributed by atoms with Crippen molar-refractivity contribution in [3.63, 3.8) is 0 Å². The zero-order chi connectivity index (χ0) is 23.0. The van der Waals surface area contributed by atoms with Crippen molar-refractivity contribution >= 4 is 35.4 Å². The molecular formula is C22H25N3O6. The number of para-hydroxylation sites is 1. The van der Waals surface area contributed by atoms with Gasteiger partial charge in [-0.1, -0.05) is 24.3 Å². The number of esters is 1. The zero-order valence-corrected chi connectivity index (χ0v) is 17.7. The third-order valence-electron chi connectivity index (χ3n) is 3.66. The van der Waals surface area contributed by atoms with Crippen molar-refractivity contribution in [2.24, 2.45) is 0 Å². The van der Waals surface area contributed by atoms with E-state index in [1.165, 1.54) is 19.1 Å². The smallest absolute Gasteiger partial charge is 0.412 e. The van der Waals surface area contributed by atoms with Crippen molar-refractivity contribution in [1.82, 2.24) is 5.32 Å². The van der Waals surface area contributed by atoms with Gasteiger partial charge in [-0.3, -0.25) is 15.4 Å². The molecular weight excluding hydrogens is 402 g/mol. The topological polar surface area (TPSA) is 123 Å². The number of anilines is 2. The number of hydrogen-bond donors (Lipinski definition) is 3. The molecule has 0 heterocycles. The average Bonchev–Trinajstić information content (AvgIpc) is 2.67. The molecule has 1 atom stereocenters. The van der Waals surface area contributed by atoms with E-state index in [9.17, 15) is 19.2 Å². The second kappa shape index (κ2) is 10.2. The lowest BCUT2D eigenvalue weighted by molar-refractivity contribution is -0.127. The van der Waals surface area contributed by atoms with E-state index in [0.717, 1.165) is 0 Å². The molecule has 0 saturated heterocycles. The maximum Gasteiger partial charge on any atom is 0.412 e. The highest BCUT2D eigenvalue weighted by Gasteiger charge is 2.21. The fourth-order valence-electron chi connectivity index (χ4n) is 2.32. The SMILES string of the molecule is CC(OC(=O)c1cccc(NC(=O)OC(C)(C)C)c1)C(=O)NC(=O)Nc1ccccc1. The number of urea groups is 1. The molecule has 2 aromatic carbocycles. The highest BCUT2D eigenvalue weighted by Crippen LogP contribution is 2.15. The molecule has 31 heavy (non-hydrogen) atoms. The molecule has 0 spiro atoms. The predicted molar refractivity (Wildman–Crippen MR) is 115 cm³/mol. The van der Waals surface area contributed by atoms with E-state index in [4.69, 9.17) is 9.47 Å². The lowest BCUT2D eigenvalue weighted by Crippen LogP contribution is -2.41. The molecule has 0 saturated carbocycles. The molecule has 0 aromatic heterocycles. The zero-order valence-electron chi connectivity index (χ0n) is 17.7. The fourth-order valence-corrected chi connectivity index (χ4v) is 2.32. The van der Waals surface area contributed by atoms with Crippen LogP contribution >= 0.6 is 0 Å². The second-order valence-electron chi connectivity index (χ2n) is 7.56. The molecule has 2 aromatic rings. The van der Waals surface area contributed by atoms with Crippen LogP contribution in [0.5, 0.6) is 0 Å². The molecule has 3 N–H and O–H groups in total. The average molecular weight is 427 g/mol. The number of benzene rings is 2. The Morgan fingerprint density at radius 3 is 2.16 bits per heavy atom. The Balaban J connectivity index is 1.91. The van der Waals surface area contributed by atoms with Crippen molar-refractivity contribution < 1.29 is 28.7 Å². The van der Waals surface area contributed by atoms with Crippen LogP contribution in [0.15, 0.2) is 54.6 Å². The first-order valence-electron chi connectivity index (χ1n) is 9.51. The van der Waals surface area contributed by atoms with E-state index in [1.54, 1.807) is 63.2 Å². The van der Waals surface area contributed by atoms with Gasteiger partial charge in [0.2, 0.25) is 0 Å². The fraction of sp³-hybridized carbons (Fsp3) is 0.273. The third-order valence-corrected chi connectivity index (χ3v) is 3.66. The Labute approximate surface area is 180 Å². The number of hydrogen-bond acceptors (Lipinski definition) is 6. The summed E-state index contributed by atoms with van der Waals surface area (Å²) in [6.45, 7) is 6.53. The largest absolute Gasteiger partial charge is 0.449 e. The third kappa shape index (κ3) is 8.17. The van der Waals surface area contributed by atoms with E-state index in [2.05, 4.69) is 16.0 Å². The summed E-state index contributed by atoms with van der Waals surface area (Å²) in [7, 11) is 0. The summed E-state index contributed by atoms with van der Waals surface area (Å²) < 4.78 is 10.3. The van der Waals surface area contributed by atoms with Gasteiger partial charge in [0.25, 0.3) is 5.91 Å². The van der Waals surface area contributed by atoms with Gasteiger partial charge in [0.05, 0.1) is 5.56 Å². The van der Waals surface area contributed by atoms with Crippen molar-refractivity contribution in [2.75, 3.05) is 10.6 Å². The van der Waals surface area contributed by atoms with Crippen molar-refractivity contribution in [3.05, 3.63) is 60.2 Å². The van der Waals surface area contributed by atoms with Crippen LogP contribution in [0, 0.1) is 0 Å². The molecule has 9 nitrogen and oxygen atoms in total. The van der Waals surface area contributed by atoms with Gasteiger partial charge in [-0.2, -0.15) is 0 Å². The molecule has 0 fully saturated rings. The van der Waals surface area contributed by atoms with Gasteiger partial charge >= 0.3 is 18.1 Å². The molecule has 9 heteroatoms. The van der Waals surface area contributed by atoms with Crippen LogP contribution in [0.1, 0.15) is 38.1 Å². The molecule has 164 valence electrons. The van der Waals surface area contributed by atoms with E-state index < -0.39 is 35.7 Å². The van der Waals surface area contributed by atoms with Crippen LogP contribution in [0.2, 0.25) is 0 Å². The Morgan fingerprint density at radius 2 is 1.52 bits per heavy atom. The van der Waals surface area contributed by atoms with E-state index in [0.29, 0.717) is 11.4 Å². The number of carbonyl (C=O) groups is 4. The van der Waals surface area contributed by atoms with Crippen molar-refractivity contribution in [1.29, 1.82) is 0 Å². The molecule has 0 aliphatic rings. The summed E-state index contributed by atoms with van der Waals surface area (Å²) in [6.07, 6.45) is -1.90. The van der Waals surface area contributed by atoms with Crippen LogP contribution in [0.25, 0.3) is 0 Å². The Morgan fingerprint density at radius 1 is 0.871 bits per heavy atom. The predicted octanol–water partition coefficient (Wildman–Crippen LogP) is 3.93. The summed E-state index contributed by atoms with van der Waals surface area (Å²) in [6, 6.07) is 13.8. The first-order chi connectivity index (χ1) is 14.5. The van der Waals surface area contributed by atoms with Crippen molar-refractivity contribution in [2.45, 2.75) is 39.4 Å². The Kier molecular flexibility index (Phi) is 7.73. The number of imide groups is 1. The van der Waals surface area contributed by atoms with Crippen LogP contribution in [-0.4, -0.2) is 35.7 Å². The number of ether oxygens (including phenoxy) is 2. The normalized spacial score (nSPS) is 11.6. The summed E-state index contributed by atoms with van der Waals surface area (Å²) in [5.74, 6) is -1.58. The molecule has 0 radical (unpaired) electrons. The van der Waals surface area contributed by atoms with Gasteiger partial charge in [0, 0.05) is 11.4 Å². The van der Waals surface area contributed by atoms with Crippen molar-refractivity contribution in [3.8, 4) is 0 Å². The molecule has 0 aliphatic heterocycles. The van der Waals surface area contributed by atoms with Crippen LogP contribution in [-0.2, 0) is 14.3 Å². The second-order valence-corrected chi connectivity index (χ2v) is 7.56. The lowest BCUT2D eigenvalue weighted by atomic mass is 10.2. The Bertz CT molecular complexity index is 953. The molecule has 2 rings (SSSR count). The van der Waals surface area contributed by atoms with E-state index in [1.807, 2.05) is 0 Å². The minimum absolute atomic E-state index is 0.113. The van der Waals surface area contributed by atoms with Gasteiger partial charge in [0.15, 0.2) is 6.10 Å². The summed E-state index contributed by atoms with van der Waals surface area (Å²) in [5, 5.41) is 7.11. The maximum absolute atomic E-state index is 12.4. The lowest BCUT2D eigenvalue weighted by Gasteiger charge is -2.19. The number of carbonyl (C=O) groups excluding carboxylic acids is 4. The first kappa shape index (κ1) is 23.4. The number of amides is 4. The molecule has 0 aliphatic carbocycles. The number of nitrogens with one attached hydrogen (secondary N) is 3. The van der Waals surface area contributed by atoms with Gasteiger partial charge in [-0.15, -0.1) is 0 Å². The summed E-state index contributed by atoms with van der Waals surface area (Å²) in [4.78, 5) is 48.3. The number of rotatable bonds is 5. The first-order valence-corrected chi connectivity index (χ1v) is 9.51. The molecule has 4 amide bonds. The molecule has 0 bridgehead atoms. The van der Waals surface area contributed by atoms with Gasteiger partial charge in [-0.05, 0) is 58.0 Å². The van der Waals surface area contributed by atoms with Gasteiger partial charge in [0.1, 0.15) is 5.60 Å². The Hall–Kier alpha value is -3.88. The highest BCUT2D eigenvalue weighted by molar-refractivity contribution is 6.03. The summed E-state index contributed by atoms with van der Waals surface area (Å²) in [5.41, 5.74) is 0.271. The van der Waals surface area contributed by atoms with Crippen LogP contribution in [0.3, 0.4) is 0 Å². The van der Waals surface area contributed by atoms with Gasteiger partial charge in [-0.25, -0.2) is 14.4 Å². The molecule has 1 unspecified atom stereocenters. The monoisotopic (exact) mass is 427 g/mol. The minimum Gasteiger partial charge on any atom is -0.449 e. The van der Waals surface area contributed by atoms with E-state index >= 15 is 0 Å². The minimum atomic E-state index is -1.23. The van der Waals surface area contributed by atoms with Crippen LogP contribution in [0.4, 0.5) is 21.0 Å². The van der Waals surface area contributed by atoms with Gasteiger partial charge < -0.3 is 14.8 Å². The van der Waals surface area contributed by atoms with E-state index in [-0.39, 0.29) is 5.56 Å².